The largest absolute Gasteiger partial charge is 0.508 e. The number of hydrogen-bond donors (Lipinski definition) is 3. The highest BCUT2D eigenvalue weighted by molar-refractivity contribution is 5.56. The van der Waals surface area contributed by atoms with Gasteiger partial charge in [0.25, 0.3) is 0 Å². The third-order valence-electron chi connectivity index (χ3n) is 6.10. The van der Waals surface area contributed by atoms with Crippen molar-refractivity contribution in [3.8, 4) is 17.2 Å². The van der Waals surface area contributed by atoms with E-state index in [4.69, 9.17) is 0 Å². The monoisotopic (exact) mass is 390 g/mol. The Hall–Kier alpha value is -2.94. The van der Waals surface area contributed by atoms with E-state index >= 15 is 0 Å². The number of benzene rings is 3. The van der Waals surface area contributed by atoms with E-state index in [2.05, 4.69) is 6.07 Å². The maximum absolute atomic E-state index is 10.7. The van der Waals surface area contributed by atoms with Crippen molar-refractivity contribution in [2.24, 2.45) is 0 Å². The van der Waals surface area contributed by atoms with Gasteiger partial charge in [0.1, 0.15) is 17.2 Å². The van der Waals surface area contributed by atoms with Crippen LogP contribution in [-0.2, 0) is 12.8 Å². The molecule has 0 bridgehead atoms. The first-order valence-electron chi connectivity index (χ1n) is 9.98. The predicted molar refractivity (Wildman–Crippen MR) is 118 cm³/mol. The van der Waals surface area contributed by atoms with Crippen molar-refractivity contribution < 1.29 is 15.3 Å². The molecule has 0 aliphatic heterocycles. The Morgan fingerprint density at radius 1 is 0.586 bits per heavy atom. The molecule has 3 nitrogen and oxygen atoms in total. The average Bonchev–Trinajstić information content (AvgIpc) is 2.67. The van der Waals surface area contributed by atoms with Gasteiger partial charge in [-0.1, -0.05) is 29.8 Å². The van der Waals surface area contributed by atoms with Gasteiger partial charge >= 0.3 is 0 Å². The lowest BCUT2D eigenvalue weighted by Crippen LogP contribution is -2.03. The molecule has 0 aliphatic carbocycles. The normalized spacial score (nSPS) is 11.1. The molecule has 29 heavy (non-hydrogen) atoms. The van der Waals surface area contributed by atoms with Gasteiger partial charge in [0.2, 0.25) is 0 Å². The molecule has 0 fully saturated rings. The van der Waals surface area contributed by atoms with Crippen LogP contribution in [0.15, 0.2) is 30.3 Å². The van der Waals surface area contributed by atoms with Gasteiger partial charge in [-0.2, -0.15) is 0 Å². The molecule has 0 saturated carbocycles. The lowest BCUT2D eigenvalue weighted by molar-refractivity contribution is 0.459. The summed E-state index contributed by atoms with van der Waals surface area (Å²) < 4.78 is 0. The van der Waals surface area contributed by atoms with Gasteiger partial charge in [-0.05, 0) is 86.6 Å². The highest BCUT2D eigenvalue weighted by Crippen LogP contribution is 2.36. The van der Waals surface area contributed by atoms with Gasteiger partial charge < -0.3 is 15.3 Å². The van der Waals surface area contributed by atoms with Crippen LogP contribution in [0, 0.1) is 41.5 Å². The van der Waals surface area contributed by atoms with Gasteiger partial charge in [-0.15, -0.1) is 0 Å². The molecule has 0 saturated heterocycles. The van der Waals surface area contributed by atoms with Crippen molar-refractivity contribution in [2.45, 2.75) is 54.4 Å². The van der Waals surface area contributed by atoms with E-state index in [-0.39, 0.29) is 11.5 Å². The van der Waals surface area contributed by atoms with Crippen LogP contribution in [0.5, 0.6) is 17.2 Å². The van der Waals surface area contributed by atoms with E-state index in [1.165, 1.54) is 0 Å². The van der Waals surface area contributed by atoms with E-state index in [0.717, 1.165) is 55.6 Å². The smallest absolute Gasteiger partial charge is 0.122 e. The topological polar surface area (TPSA) is 60.7 Å². The number of aromatic hydroxyl groups is 3. The average molecular weight is 391 g/mol. The van der Waals surface area contributed by atoms with Crippen LogP contribution < -0.4 is 0 Å². The van der Waals surface area contributed by atoms with Crippen molar-refractivity contribution in [2.75, 3.05) is 0 Å². The lowest BCUT2D eigenvalue weighted by Gasteiger charge is -2.19. The van der Waals surface area contributed by atoms with Gasteiger partial charge in [0.05, 0.1) is 0 Å². The van der Waals surface area contributed by atoms with Crippen molar-refractivity contribution >= 4 is 0 Å². The first-order chi connectivity index (χ1) is 13.6. The lowest BCUT2D eigenvalue weighted by atomic mass is 9.88. The van der Waals surface area contributed by atoms with Crippen molar-refractivity contribution in [1.29, 1.82) is 0 Å². The molecular weight excluding hydrogens is 360 g/mol. The first kappa shape index (κ1) is 20.8. The second-order valence-electron chi connectivity index (χ2n) is 8.25. The number of rotatable bonds is 4. The number of phenols is 3. The van der Waals surface area contributed by atoms with Crippen LogP contribution in [0.25, 0.3) is 0 Å². The summed E-state index contributed by atoms with van der Waals surface area (Å²) in [5.74, 6) is 0.860. The Morgan fingerprint density at radius 3 is 1.93 bits per heavy atom. The highest BCUT2D eigenvalue weighted by atomic mass is 16.3. The minimum absolute atomic E-state index is 0.236. The minimum atomic E-state index is 0.236. The standard InChI is InChI=1S/C26H30O3/c1-14-7-8-24(27)21(9-14)13-23-19(6)20(11-17(4)25(23)28)12-22-16(3)10-15(2)18(5)26(22)29/h7-11,27-29H,12-13H2,1-6H3. The Kier molecular flexibility index (Phi) is 5.61. The van der Waals surface area contributed by atoms with Crippen molar-refractivity contribution in [1.82, 2.24) is 0 Å². The summed E-state index contributed by atoms with van der Waals surface area (Å²) in [5.41, 5.74) is 9.52. The number of hydrogen-bond acceptors (Lipinski definition) is 3. The highest BCUT2D eigenvalue weighted by Gasteiger charge is 2.18. The fourth-order valence-electron chi connectivity index (χ4n) is 4.03. The zero-order valence-corrected chi connectivity index (χ0v) is 18.1. The minimum Gasteiger partial charge on any atom is -0.508 e. The van der Waals surface area contributed by atoms with Crippen LogP contribution in [0.4, 0.5) is 0 Å². The summed E-state index contributed by atoms with van der Waals surface area (Å²) in [5, 5.41) is 31.7. The van der Waals surface area contributed by atoms with E-state index < -0.39 is 0 Å². The molecular formula is C26H30O3. The molecule has 0 radical (unpaired) electrons. The third kappa shape index (κ3) is 3.95. The Bertz CT molecular complexity index is 1090. The zero-order chi connectivity index (χ0) is 21.5. The van der Waals surface area contributed by atoms with Crippen LogP contribution >= 0.6 is 0 Å². The Balaban J connectivity index is 2.09. The fourth-order valence-corrected chi connectivity index (χ4v) is 4.03. The van der Waals surface area contributed by atoms with E-state index in [1.54, 1.807) is 6.07 Å². The summed E-state index contributed by atoms with van der Waals surface area (Å²) in [6.07, 6.45) is 1.05. The van der Waals surface area contributed by atoms with E-state index in [9.17, 15) is 15.3 Å². The molecule has 0 aromatic heterocycles. The third-order valence-corrected chi connectivity index (χ3v) is 6.10. The maximum atomic E-state index is 10.7. The second kappa shape index (κ2) is 7.82. The van der Waals surface area contributed by atoms with Crippen molar-refractivity contribution in [3.63, 3.8) is 0 Å². The molecule has 3 N–H and O–H groups in total. The summed E-state index contributed by atoms with van der Waals surface area (Å²) in [7, 11) is 0. The molecule has 3 aromatic rings. The molecule has 0 amide bonds. The van der Waals surface area contributed by atoms with Crippen LogP contribution in [0.1, 0.15) is 55.6 Å². The van der Waals surface area contributed by atoms with E-state index in [0.29, 0.717) is 18.6 Å². The molecule has 3 rings (SSSR count). The molecule has 0 aliphatic rings. The maximum Gasteiger partial charge on any atom is 0.122 e. The summed E-state index contributed by atoms with van der Waals surface area (Å²) in [6.45, 7) is 11.9. The predicted octanol–water partition coefficient (Wildman–Crippen LogP) is 5.84. The second-order valence-corrected chi connectivity index (χ2v) is 8.25. The van der Waals surface area contributed by atoms with Gasteiger partial charge in [0, 0.05) is 24.0 Å². The summed E-state index contributed by atoms with van der Waals surface area (Å²) >= 11 is 0. The molecule has 0 unspecified atom stereocenters. The fraction of sp³-hybridized carbons (Fsp3) is 0.308. The summed E-state index contributed by atoms with van der Waals surface area (Å²) in [4.78, 5) is 0. The van der Waals surface area contributed by atoms with E-state index in [1.807, 2.05) is 59.7 Å². The summed E-state index contributed by atoms with van der Waals surface area (Å²) in [6, 6.07) is 9.63. The van der Waals surface area contributed by atoms with Gasteiger partial charge in [0.15, 0.2) is 0 Å². The zero-order valence-electron chi connectivity index (χ0n) is 18.1. The Labute approximate surface area is 173 Å². The molecule has 0 atom stereocenters. The number of aryl methyl sites for hydroxylation is 4. The molecule has 3 heteroatoms. The molecule has 0 heterocycles. The number of phenolic OH excluding ortho intramolecular Hbond substituents is 3. The Morgan fingerprint density at radius 2 is 1.24 bits per heavy atom. The van der Waals surface area contributed by atoms with Gasteiger partial charge in [-0.3, -0.25) is 0 Å². The van der Waals surface area contributed by atoms with Gasteiger partial charge in [-0.25, -0.2) is 0 Å². The van der Waals surface area contributed by atoms with Crippen LogP contribution in [0.2, 0.25) is 0 Å². The van der Waals surface area contributed by atoms with Crippen LogP contribution in [-0.4, -0.2) is 15.3 Å². The molecule has 0 spiro atoms. The van der Waals surface area contributed by atoms with Crippen molar-refractivity contribution in [3.05, 3.63) is 86.0 Å². The molecule has 3 aromatic carbocycles. The quantitative estimate of drug-likeness (QED) is 0.525. The molecule has 152 valence electrons. The van der Waals surface area contributed by atoms with Crippen LogP contribution in [0.3, 0.4) is 0 Å². The first-order valence-corrected chi connectivity index (χ1v) is 9.98. The SMILES string of the molecule is Cc1ccc(O)c(Cc2c(C)c(Cc3c(C)cc(C)c(C)c3O)cc(C)c2O)c1.